The fourth-order valence-electron chi connectivity index (χ4n) is 3.48. The van der Waals surface area contributed by atoms with Crippen LogP contribution in [0, 0.1) is 12.7 Å². The van der Waals surface area contributed by atoms with E-state index in [1.54, 1.807) is 19.2 Å². The first-order chi connectivity index (χ1) is 13.7. The van der Waals surface area contributed by atoms with Gasteiger partial charge < -0.3 is 9.30 Å². The van der Waals surface area contributed by atoms with Gasteiger partial charge in [0.25, 0.3) is 0 Å². The second-order valence-corrected chi connectivity index (χ2v) is 7.24. The molecule has 1 heterocycles. The normalized spacial score (nSPS) is 11.3. The molecule has 2 aromatic carbocycles. The van der Waals surface area contributed by atoms with Gasteiger partial charge in [-0.25, -0.2) is 4.39 Å². The van der Waals surface area contributed by atoms with Crippen LogP contribution in [-0.2, 0) is 24.4 Å². The molecule has 1 aromatic heterocycles. The maximum atomic E-state index is 13.5. The number of ether oxygens (including phenoxy) is 1. The van der Waals surface area contributed by atoms with Crippen molar-refractivity contribution in [1.29, 1.82) is 0 Å². The molecular weight excluding hydrogens is 351 g/mol. The summed E-state index contributed by atoms with van der Waals surface area (Å²) in [5, 5.41) is 0. The topological polar surface area (TPSA) is 17.4 Å². The van der Waals surface area contributed by atoms with Gasteiger partial charge in [-0.15, -0.1) is 0 Å². The highest BCUT2D eigenvalue weighted by Gasteiger charge is 2.11. The van der Waals surface area contributed by atoms with Gasteiger partial charge in [0.2, 0.25) is 0 Å². The number of hydrogen-bond acceptors (Lipinski definition) is 2. The van der Waals surface area contributed by atoms with E-state index in [4.69, 9.17) is 4.74 Å². The minimum Gasteiger partial charge on any atom is -0.385 e. The van der Waals surface area contributed by atoms with Crippen LogP contribution in [0.5, 0.6) is 0 Å². The molecule has 0 atom stereocenters. The molecule has 0 aliphatic rings. The number of hydrogen-bond donors (Lipinski definition) is 0. The van der Waals surface area contributed by atoms with Crippen molar-refractivity contribution >= 4 is 0 Å². The summed E-state index contributed by atoms with van der Waals surface area (Å²) in [6.45, 7) is 6.31. The van der Waals surface area contributed by atoms with Crippen molar-refractivity contribution in [2.75, 3.05) is 20.3 Å². The molecule has 4 heteroatoms. The summed E-state index contributed by atoms with van der Waals surface area (Å²) in [6.07, 6.45) is 3.06. The Morgan fingerprint density at radius 3 is 2.64 bits per heavy atom. The van der Waals surface area contributed by atoms with Crippen molar-refractivity contribution in [1.82, 2.24) is 9.47 Å². The third-order valence-electron chi connectivity index (χ3n) is 5.03. The summed E-state index contributed by atoms with van der Waals surface area (Å²) in [4.78, 5) is 2.46. The van der Waals surface area contributed by atoms with Crippen LogP contribution in [0.15, 0.2) is 66.9 Å². The van der Waals surface area contributed by atoms with Crippen molar-refractivity contribution in [3.8, 4) is 0 Å². The quantitative estimate of drug-likeness (QED) is 0.459. The molecule has 0 radical (unpaired) electrons. The summed E-state index contributed by atoms with van der Waals surface area (Å²) < 4.78 is 21.0. The second-order valence-electron chi connectivity index (χ2n) is 7.24. The van der Waals surface area contributed by atoms with Crippen molar-refractivity contribution in [3.63, 3.8) is 0 Å². The van der Waals surface area contributed by atoms with Crippen molar-refractivity contribution in [2.45, 2.75) is 33.0 Å². The molecule has 3 rings (SSSR count). The number of benzene rings is 2. The highest BCUT2D eigenvalue weighted by atomic mass is 19.1. The molecule has 0 unspecified atom stereocenters. The van der Waals surface area contributed by atoms with Gasteiger partial charge in [-0.2, -0.15) is 0 Å². The lowest BCUT2D eigenvalue weighted by Gasteiger charge is -2.24. The van der Waals surface area contributed by atoms with Gasteiger partial charge in [0.1, 0.15) is 5.82 Å². The van der Waals surface area contributed by atoms with E-state index in [0.717, 1.165) is 38.2 Å². The minimum absolute atomic E-state index is 0.188. The third kappa shape index (κ3) is 5.78. The van der Waals surface area contributed by atoms with E-state index >= 15 is 0 Å². The summed E-state index contributed by atoms with van der Waals surface area (Å²) in [6, 6.07) is 19.6. The van der Waals surface area contributed by atoms with Gasteiger partial charge >= 0.3 is 0 Å². The van der Waals surface area contributed by atoms with E-state index in [1.807, 2.05) is 6.07 Å². The van der Waals surface area contributed by atoms with Crippen molar-refractivity contribution < 1.29 is 9.13 Å². The average Bonchev–Trinajstić information content (AvgIpc) is 3.10. The van der Waals surface area contributed by atoms with Crippen LogP contribution in [0.25, 0.3) is 0 Å². The van der Waals surface area contributed by atoms with Gasteiger partial charge in [-0.1, -0.05) is 36.4 Å². The molecular formula is C24H29FN2O. The first-order valence-electron chi connectivity index (χ1n) is 9.80. The van der Waals surface area contributed by atoms with E-state index < -0.39 is 0 Å². The van der Waals surface area contributed by atoms with E-state index in [1.165, 1.54) is 22.9 Å². The monoisotopic (exact) mass is 380 g/mol. The van der Waals surface area contributed by atoms with Crippen LogP contribution in [0.2, 0.25) is 0 Å². The smallest absolute Gasteiger partial charge is 0.123 e. The van der Waals surface area contributed by atoms with Gasteiger partial charge in [-0.05, 0) is 54.3 Å². The average molecular weight is 381 g/mol. The number of nitrogens with zero attached hydrogens (tertiary/aromatic N) is 2. The molecule has 3 aromatic rings. The highest BCUT2D eigenvalue weighted by Crippen LogP contribution is 2.16. The second kappa shape index (κ2) is 10.2. The molecule has 0 aliphatic heterocycles. The molecule has 0 bridgehead atoms. The SMILES string of the molecule is COCCCN(Cc1ccccc1C)Cc1cccn1Cc1cccc(F)c1. The molecule has 0 N–H and O–H groups in total. The Balaban J connectivity index is 1.73. The van der Waals surface area contributed by atoms with Crippen LogP contribution in [-0.4, -0.2) is 29.7 Å². The van der Waals surface area contributed by atoms with Crippen LogP contribution in [0.1, 0.15) is 28.8 Å². The number of rotatable bonds is 10. The molecule has 0 saturated heterocycles. The zero-order valence-electron chi connectivity index (χ0n) is 16.8. The lowest BCUT2D eigenvalue weighted by molar-refractivity contribution is 0.165. The maximum absolute atomic E-state index is 13.5. The number of aryl methyl sites for hydroxylation is 1. The Kier molecular flexibility index (Phi) is 7.40. The summed E-state index contributed by atoms with van der Waals surface area (Å²) in [7, 11) is 1.75. The lowest BCUT2D eigenvalue weighted by Crippen LogP contribution is -2.26. The van der Waals surface area contributed by atoms with Crippen molar-refractivity contribution in [2.24, 2.45) is 0 Å². The molecule has 0 aliphatic carbocycles. The molecule has 3 nitrogen and oxygen atoms in total. The molecule has 0 saturated carbocycles. The Labute approximate surface area is 167 Å². The zero-order chi connectivity index (χ0) is 19.8. The van der Waals surface area contributed by atoms with Crippen molar-refractivity contribution in [3.05, 3.63) is 95.1 Å². The fraction of sp³-hybridized carbons (Fsp3) is 0.333. The lowest BCUT2D eigenvalue weighted by atomic mass is 10.1. The number of aromatic nitrogens is 1. The van der Waals surface area contributed by atoms with Crippen LogP contribution < -0.4 is 0 Å². The van der Waals surface area contributed by atoms with E-state index in [2.05, 4.69) is 59.0 Å². The zero-order valence-corrected chi connectivity index (χ0v) is 16.8. The van der Waals surface area contributed by atoms with Gasteiger partial charge in [0.05, 0.1) is 0 Å². The van der Waals surface area contributed by atoms with Gasteiger partial charge in [0.15, 0.2) is 0 Å². The predicted molar refractivity (Wildman–Crippen MR) is 112 cm³/mol. The first-order valence-corrected chi connectivity index (χ1v) is 9.80. The summed E-state index contributed by atoms with van der Waals surface area (Å²) >= 11 is 0. The van der Waals surface area contributed by atoms with Crippen LogP contribution >= 0.6 is 0 Å². The Hall–Kier alpha value is -2.43. The predicted octanol–water partition coefficient (Wildman–Crippen LogP) is 5.02. The Morgan fingerprint density at radius 2 is 1.86 bits per heavy atom. The van der Waals surface area contributed by atoms with Gasteiger partial charge in [-0.3, -0.25) is 4.90 Å². The molecule has 28 heavy (non-hydrogen) atoms. The number of methoxy groups -OCH3 is 1. The van der Waals surface area contributed by atoms with E-state index in [0.29, 0.717) is 6.54 Å². The molecule has 148 valence electrons. The first kappa shape index (κ1) is 20.3. The maximum Gasteiger partial charge on any atom is 0.123 e. The highest BCUT2D eigenvalue weighted by molar-refractivity contribution is 5.25. The fourth-order valence-corrected chi connectivity index (χ4v) is 3.48. The summed E-state index contributed by atoms with van der Waals surface area (Å²) in [5.41, 5.74) is 4.87. The largest absolute Gasteiger partial charge is 0.385 e. The standard InChI is InChI=1S/C24H29FN2O/c1-20-8-3-4-10-22(20)18-26(13-7-15-28-2)19-24-12-6-14-27(24)17-21-9-5-11-23(25)16-21/h3-6,8-12,14,16H,7,13,15,17-19H2,1-2H3. The van der Waals surface area contributed by atoms with E-state index in [9.17, 15) is 4.39 Å². The van der Waals surface area contributed by atoms with Crippen LogP contribution in [0.3, 0.4) is 0 Å². The van der Waals surface area contributed by atoms with E-state index in [-0.39, 0.29) is 5.82 Å². The van der Waals surface area contributed by atoms with Crippen LogP contribution in [0.4, 0.5) is 4.39 Å². The number of halogens is 1. The Morgan fingerprint density at radius 1 is 1.00 bits per heavy atom. The summed E-state index contributed by atoms with van der Waals surface area (Å²) in [5.74, 6) is -0.188. The van der Waals surface area contributed by atoms with Gasteiger partial charge in [0, 0.05) is 51.8 Å². The molecule has 0 spiro atoms. The molecule has 0 amide bonds. The minimum atomic E-state index is -0.188. The Bertz CT molecular complexity index is 874. The third-order valence-corrected chi connectivity index (χ3v) is 5.03. The molecule has 0 fully saturated rings.